The first-order valence-electron chi connectivity index (χ1n) is 6.88. The zero-order valence-corrected chi connectivity index (χ0v) is 11.9. The third-order valence-electron chi connectivity index (χ3n) is 3.57. The smallest absolute Gasteiger partial charge is 0.359 e. The first-order valence-corrected chi connectivity index (χ1v) is 6.88. The maximum Gasteiger partial charge on any atom is 0.359 e. The first kappa shape index (κ1) is 14.1. The number of primary amides is 1. The fraction of sp³-hybridized carbons (Fsp3) is 0.385. The predicted octanol–water partition coefficient (Wildman–Crippen LogP) is -0.673. The van der Waals surface area contributed by atoms with Crippen LogP contribution in [0, 0.1) is 0 Å². The van der Waals surface area contributed by atoms with Gasteiger partial charge in [0.1, 0.15) is 6.54 Å². The number of fused-ring (bicyclic) bond motifs is 3. The monoisotopic (exact) mass is 305 g/mol. The number of hydrogen-bond donors (Lipinski definition) is 3. The molecule has 1 aliphatic rings. The molecule has 2 aromatic rings. The average molecular weight is 305 g/mol. The van der Waals surface area contributed by atoms with E-state index in [2.05, 4.69) is 15.3 Å². The van der Waals surface area contributed by atoms with E-state index in [4.69, 9.17) is 10.5 Å². The van der Waals surface area contributed by atoms with Gasteiger partial charge in [-0.25, -0.2) is 4.79 Å². The molecule has 116 valence electrons. The number of aromatic nitrogens is 4. The molecule has 0 spiro atoms. The summed E-state index contributed by atoms with van der Waals surface area (Å²) in [6, 6.07) is 0. The molecule has 4 N–H and O–H groups in total. The molecule has 22 heavy (non-hydrogen) atoms. The number of rotatable bonds is 4. The van der Waals surface area contributed by atoms with Gasteiger partial charge in [-0.05, 0) is 19.8 Å². The lowest BCUT2D eigenvalue weighted by molar-refractivity contribution is -0.118. The highest BCUT2D eigenvalue weighted by molar-refractivity contribution is 5.96. The lowest BCUT2D eigenvalue weighted by Crippen LogP contribution is -2.22. The molecule has 0 unspecified atom stereocenters. The van der Waals surface area contributed by atoms with Crippen LogP contribution in [0.2, 0.25) is 0 Å². The highest BCUT2D eigenvalue weighted by Gasteiger charge is 2.31. The maximum absolute atomic E-state index is 12.1. The van der Waals surface area contributed by atoms with Gasteiger partial charge >= 0.3 is 5.97 Å². The summed E-state index contributed by atoms with van der Waals surface area (Å²) in [5.74, 6) is -1.16. The number of carbonyl (C=O) groups is 2. The molecule has 9 heteroatoms. The van der Waals surface area contributed by atoms with Crippen molar-refractivity contribution < 1.29 is 14.3 Å². The molecule has 0 atom stereocenters. The molecule has 1 aliphatic carbocycles. The van der Waals surface area contributed by atoms with Crippen LogP contribution < -0.4 is 11.3 Å². The lowest BCUT2D eigenvalue weighted by Gasteiger charge is -2.13. The van der Waals surface area contributed by atoms with Crippen LogP contribution in [0.5, 0.6) is 0 Å². The predicted molar refractivity (Wildman–Crippen MR) is 75.2 cm³/mol. The number of aromatic amines is 2. The maximum atomic E-state index is 12.1. The summed E-state index contributed by atoms with van der Waals surface area (Å²) in [6.45, 7) is 1.76. The topological polar surface area (TPSA) is 136 Å². The minimum Gasteiger partial charge on any atom is -0.461 e. The van der Waals surface area contributed by atoms with Gasteiger partial charge in [0.25, 0.3) is 5.56 Å². The second kappa shape index (κ2) is 5.17. The van der Waals surface area contributed by atoms with Crippen molar-refractivity contribution in [3.63, 3.8) is 0 Å². The molecule has 0 bridgehead atoms. The van der Waals surface area contributed by atoms with Crippen molar-refractivity contribution >= 4 is 11.9 Å². The van der Waals surface area contributed by atoms with E-state index in [0.29, 0.717) is 35.4 Å². The van der Waals surface area contributed by atoms with E-state index in [-0.39, 0.29) is 24.4 Å². The Morgan fingerprint density at radius 1 is 1.36 bits per heavy atom. The van der Waals surface area contributed by atoms with Gasteiger partial charge in [0.15, 0.2) is 5.69 Å². The first-order chi connectivity index (χ1) is 10.5. The molecule has 2 heterocycles. The number of amides is 1. The third kappa shape index (κ3) is 2.10. The van der Waals surface area contributed by atoms with Gasteiger partial charge < -0.3 is 10.5 Å². The Bertz CT molecular complexity index is 813. The molecule has 0 saturated carbocycles. The van der Waals surface area contributed by atoms with Gasteiger partial charge in [-0.15, -0.1) is 0 Å². The molecule has 0 saturated heterocycles. The summed E-state index contributed by atoms with van der Waals surface area (Å²) in [6.07, 6.45) is 0.983. The van der Waals surface area contributed by atoms with Crippen molar-refractivity contribution in [2.24, 2.45) is 5.73 Å². The third-order valence-corrected chi connectivity index (χ3v) is 3.57. The number of H-pyrrole nitrogens is 2. The Hall–Kier alpha value is -2.84. The van der Waals surface area contributed by atoms with Crippen LogP contribution in [0.3, 0.4) is 0 Å². The van der Waals surface area contributed by atoms with Crippen LogP contribution in [0.15, 0.2) is 4.79 Å². The van der Waals surface area contributed by atoms with Crippen molar-refractivity contribution in [3.8, 4) is 11.3 Å². The largest absolute Gasteiger partial charge is 0.461 e. The molecular formula is C13H15N5O4. The summed E-state index contributed by atoms with van der Waals surface area (Å²) >= 11 is 0. The van der Waals surface area contributed by atoms with E-state index >= 15 is 0 Å². The van der Waals surface area contributed by atoms with E-state index < -0.39 is 11.9 Å². The normalized spacial score (nSPS) is 12.6. The fourth-order valence-corrected chi connectivity index (χ4v) is 2.71. The summed E-state index contributed by atoms with van der Waals surface area (Å²) in [4.78, 5) is 35.1. The van der Waals surface area contributed by atoms with Gasteiger partial charge in [0, 0.05) is 11.3 Å². The van der Waals surface area contributed by atoms with E-state index in [1.165, 1.54) is 4.68 Å². The Labute approximate surface area is 124 Å². The molecule has 0 fully saturated rings. The number of carbonyl (C=O) groups excluding carboxylic acids is 2. The van der Waals surface area contributed by atoms with Gasteiger partial charge in [-0.3, -0.25) is 24.5 Å². The van der Waals surface area contributed by atoms with E-state index in [1.807, 2.05) is 0 Å². The number of hydrogen-bond acceptors (Lipinski definition) is 5. The summed E-state index contributed by atoms with van der Waals surface area (Å²) < 4.78 is 6.40. The Kier molecular flexibility index (Phi) is 3.32. The Morgan fingerprint density at radius 3 is 2.82 bits per heavy atom. The van der Waals surface area contributed by atoms with E-state index in [1.54, 1.807) is 6.92 Å². The van der Waals surface area contributed by atoms with Crippen LogP contribution in [-0.4, -0.2) is 38.5 Å². The Balaban J connectivity index is 2.20. The number of nitrogens with one attached hydrogen (secondary N) is 2. The lowest BCUT2D eigenvalue weighted by atomic mass is 9.94. The van der Waals surface area contributed by atoms with Gasteiger partial charge in [0.05, 0.1) is 17.9 Å². The molecule has 9 nitrogen and oxygen atoms in total. The summed E-state index contributed by atoms with van der Waals surface area (Å²) in [7, 11) is 0. The van der Waals surface area contributed by atoms with Crippen LogP contribution in [-0.2, 0) is 28.9 Å². The van der Waals surface area contributed by atoms with Crippen LogP contribution in [0.4, 0.5) is 0 Å². The summed E-state index contributed by atoms with van der Waals surface area (Å²) in [5.41, 5.74) is 7.34. The quantitative estimate of drug-likeness (QED) is 0.643. The van der Waals surface area contributed by atoms with Crippen LogP contribution >= 0.6 is 0 Å². The fourth-order valence-electron chi connectivity index (χ4n) is 2.71. The van der Waals surface area contributed by atoms with Crippen molar-refractivity contribution in [1.82, 2.24) is 20.0 Å². The highest BCUT2D eigenvalue weighted by Crippen LogP contribution is 2.33. The van der Waals surface area contributed by atoms with Gasteiger partial charge in [-0.1, -0.05) is 0 Å². The van der Waals surface area contributed by atoms with Crippen molar-refractivity contribution in [2.45, 2.75) is 26.3 Å². The molecule has 0 radical (unpaired) electrons. The second-order valence-electron chi connectivity index (χ2n) is 4.95. The van der Waals surface area contributed by atoms with Crippen molar-refractivity contribution in [3.05, 3.63) is 27.3 Å². The zero-order valence-electron chi connectivity index (χ0n) is 11.9. The van der Waals surface area contributed by atoms with Crippen LogP contribution in [0.25, 0.3) is 11.3 Å². The van der Waals surface area contributed by atoms with E-state index in [0.717, 1.165) is 0 Å². The minimum atomic E-state index is -0.600. The average Bonchev–Trinajstić information content (AvgIpc) is 3.00. The molecule has 0 aromatic carbocycles. The standard InChI is InChI=1S/C13H15N5O4/c1-2-22-13(21)11-9-7(18(17-11)5-8(14)19)4-3-6-10(9)15-16-12(6)20/h2-5H2,1H3,(H2,14,19)(H2,15,16,20). The molecule has 1 amide bonds. The van der Waals surface area contributed by atoms with Crippen molar-refractivity contribution in [1.29, 1.82) is 0 Å². The van der Waals surface area contributed by atoms with Crippen LogP contribution in [0.1, 0.15) is 28.7 Å². The van der Waals surface area contributed by atoms with Gasteiger partial charge in [-0.2, -0.15) is 5.10 Å². The van der Waals surface area contributed by atoms with Gasteiger partial charge in [0.2, 0.25) is 5.91 Å². The second-order valence-corrected chi connectivity index (χ2v) is 4.95. The SMILES string of the molecule is CCOC(=O)c1nn(CC(N)=O)c2c1-c1[nH][nH]c(=O)c1CC2. The number of nitrogens with zero attached hydrogens (tertiary/aromatic N) is 2. The number of nitrogens with two attached hydrogens (primary N) is 1. The zero-order chi connectivity index (χ0) is 15.9. The minimum absolute atomic E-state index is 0.0781. The highest BCUT2D eigenvalue weighted by atomic mass is 16.5. The molecule has 0 aliphatic heterocycles. The molecule has 2 aromatic heterocycles. The molecular weight excluding hydrogens is 290 g/mol. The Morgan fingerprint density at radius 2 is 2.14 bits per heavy atom. The number of ether oxygens (including phenoxy) is 1. The molecule has 3 rings (SSSR count). The van der Waals surface area contributed by atoms with Crippen molar-refractivity contribution in [2.75, 3.05) is 6.61 Å². The van der Waals surface area contributed by atoms with E-state index in [9.17, 15) is 14.4 Å². The summed E-state index contributed by atoms with van der Waals surface area (Å²) in [5, 5.41) is 9.44. The number of esters is 1.